The quantitative estimate of drug-likeness (QED) is 0.643. The zero-order valence-electron chi connectivity index (χ0n) is 8.09. The minimum atomic E-state index is 0.134. The Morgan fingerprint density at radius 2 is 2.21 bits per heavy atom. The number of halogens is 1. The molecule has 0 aliphatic heterocycles. The summed E-state index contributed by atoms with van der Waals surface area (Å²) < 4.78 is 6.40. The fourth-order valence-corrected chi connectivity index (χ4v) is 1.78. The summed E-state index contributed by atoms with van der Waals surface area (Å²) in [6.07, 6.45) is 0.620. The van der Waals surface area contributed by atoms with Crippen LogP contribution in [-0.2, 0) is 0 Å². The Morgan fingerprint density at radius 1 is 1.50 bits per heavy atom. The van der Waals surface area contributed by atoms with Gasteiger partial charge in [0.2, 0.25) is 0 Å². The van der Waals surface area contributed by atoms with E-state index in [9.17, 15) is 0 Å². The summed E-state index contributed by atoms with van der Waals surface area (Å²) >= 11 is 3.35. The van der Waals surface area contributed by atoms with Crippen LogP contribution in [0.15, 0.2) is 16.6 Å². The van der Waals surface area contributed by atoms with Crippen molar-refractivity contribution in [3.05, 3.63) is 22.2 Å². The molecule has 0 aliphatic carbocycles. The lowest BCUT2D eigenvalue weighted by molar-refractivity contribution is 0.233. The van der Waals surface area contributed by atoms with E-state index in [0.29, 0.717) is 24.5 Å². The van der Waals surface area contributed by atoms with E-state index < -0.39 is 0 Å². The molecule has 0 atom stereocenters. The van der Waals surface area contributed by atoms with Gasteiger partial charge >= 0.3 is 0 Å². The fraction of sp³-hybridized carbons (Fsp3) is 0.400. The number of hydrogen-bond donors (Lipinski definition) is 2. The Morgan fingerprint density at radius 3 is 2.79 bits per heavy atom. The molecule has 0 amide bonds. The van der Waals surface area contributed by atoms with E-state index in [1.165, 1.54) is 0 Å². The molecule has 1 aromatic carbocycles. The lowest BCUT2D eigenvalue weighted by atomic mass is 10.2. The number of aliphatic hydroxyl groups is 1. The second-order valence-electron chi connectivity index (χ2n) is 3.07. The Balaban J connectivity index is 2.75. The first-order valence-corrected chi connectivity index (χ1v) is 5.23. The van der Waals surface area contributed by atoms with Gasteiger partial charge in [-0.1, -0.05) is 15.9 Å². The second kappa shape index (κ2) is 5.22. The van der Waals surface area contributed by atoms with Crippen LogP contribution in [0.1, 0.15) is 12.0 Å². The monoisotopic (exact) mass is 259 g/mol. The van der Waals surface area contributed by atoms with Crippen molar-refractivity contribution in [1.29, 1.82) is 0 Å². The molecule has 0 saturated carbocycles. The normalized spacial score (nSPS) is 10.2. The van der Waals surface area contributed by atoms with E-state index in [0.717, 1.165) is 10.0 Å². The Kier molecular flexibility index (Phi) is 4.22. The van der Waals surface area contributed by atoms with Crippen LogP contribution in [0.2, 0.25) is 0 Å². The molecule has 0 bridgehead atoms. The maximum Gasteiger partial charge on any atom is 0.145 e. The van der Waals surface area contributed by atoms with Gasteiger partial charge in [0.15, 0.2) is 0 Å². The predicted molar refractivity (Wildman–Crippen MR) is 60.5 cm³/mol. The molecular formula is C10H14BrNO2. The molecule has 3 nitrogen and oxygen atoms in total. The summed E-state index contributed by atoms with van der Waals surface area (Å²) in [6, 6.07) is 3.76. The first kappa shape index (κ1) is 11.3. The third kappa shape index (κ3) is 2.89. The molecule has 0 saturated heterocycles. The molecular weight excluding hydrogens is 246 g/mol. The lowest BCUT2D eigenvalue weighted by Crippen LogP contribution is -2.03. The van der Waals surface area contributed by atoms with Gasteiger partial charge in [-0.3, -0.25) is 0 Å². The topological polar surface area (TPSA) is 55.5 Å². The maximum atomic E-state index is 8.61. The summed E-state index contributed by atoms with van der Waals surface area (Å²) in [7, 11) is 0. The third-order valence-electron chi connectivity index (χ3n) is 1.82. The highest BCUT2D eigenvalue weighted by Gasteiger charge is 2.05. The number of ether oxygens (including phenoxy) is 1. The van der Waals surface area contributed by atoms with Crippen molar-refractivity contribution in [2.45, 2.75) is 13.3 Å². The summed E-state index contributed by atoms with van der Waals surface area (Å²) in [5.41, 5.74) is 7.40. The molecule has 1 aromatic rings. The summed E-state index contributed by atoms with van der Waals surface area (Å²) in [5.74, 6) is 0.710. The zero-order chi connectivity index (χ0) is 10.6. The van der Waals surface area contributed by atoms with Crippen molar-refractivity contribution in [2.24, 2.45) is 0 Å². The number of anilines is 1. The molecule has 0 aromatic heterocycles. The molecule has 78 valence electrons. The van der Waals surface area contributed by atoms with Crippen LogP contribution >= 0.6 is 15.9 Å². The molecule has 0 spiro atoms. The van der Waals surface area contributed by atoms with E-state index in [1.807, 2.05) is 13.0 Å². The van der Waals surface area contributed by atoms with Crippen LogP contribution in [0.3, 0.4) is 0 Å². The van der Waals surface area contributed by atoms with Crippen molar-refractivity contribution >= 4 is 21.6 Å². The van der Waals surface area contributed by atoms with Crippen LogP contribution in [0.4, 0.5) is 5.69 Å². The van der Waals surface area contributed by atoms with Gasteiger partial charge in [0.05, 0.1) is 12.3 Å². The number of hydrogen-bond acceptors (Lipinski definition) is 3. The molecule has 14 heavy (non-hydrogen) atoms. The Hall–Kier alpha value is -0.740. The van der Waals surface area contributed by atoms with E-state index in [4.69, 9.17) is 15.6 Å². The van der Waals surface area contributed by atoms with Gasteiger partial charge in [-0.2, -0.15) is 0 Å². The van der Waals surface area contributed by atoms with Crippen molar-refractivity contribution in [1.82, 2.24) is 0 Å². The van der Waals surface area contributed by atoms with Crippen LogP contribution < -0.4 is 10.5 Å². The van der Waals surface area contributed by atoms with Gasteiger partial charge in [0.25, 0.3) is 0 Å². The maximum absolute atomic E-state index is 8.61. The Labute approximate surface area is 92.0 Å². The van der Waals surface area contributed by atoms with Crippen molar-refractivity contribution in [3.8, 4) is 5.75 Å². The van der Waals surface area contributed by atoms with E-state index in [-0.39, 0.29) is 6.61 Å². The highest BCUT2D eigenvalue weighted by Crippen LogP contribution is 2.29. The fourth-order valence-electron chi connectivity index (χ4n) is 1.19. The van der Waals surface area contributed by atoms with Crippen molar-refractivity contribution in [3.63, 3.8) is 0 Å². The SMILES string of the molecule is Cc1cc(Br)cc(N)c1OCCCO. The predicted octanol–water partition coefficient (Wildman–Crippen LogP) is 2.10. The standard InChI is InChI=1S/C10H14BrNO2/c1-7-5-8(11)6-9(12)10(7)14-4-2-3-13/h5-6,13H,2-4,12H2,1H3. The lowest BCUT2D eigenvalue weighted by Gasteiger charge is -2.11. The second-order valence-corrected chi connectivity index (χ2v) is 3.98. The van der Waals surface area contributed by atoms with Gasteiger partial charge in [0.1, 0.15) is 5.75 Å². The highest BCUT2D eigenvalue weighted by molar-refractivity contribution is 9.10. The van der Waals surface area contributed by atoms with E-state index in [1.54, 1.807) is 6.07 Å². The highest BCUT2D eigenvalue weighted by atomic mass is 79.9. The number of rotatable bonds is 4. The van der Waals surface area contributed by atoms with Gasteiger partial charge < -0.3 is 15.6 Å². The van der Waals surface area contributed by atoms with Crippen LogP contribution in [0.25, 0.3) is 0 Å². The first-order chi connectivity index (χ1) is 6.65. The first-order valence-electron chi connectivity index (χ1n) is 4.44. The smallest absolute Gasteiger partial charge is 0.145 e. The molecule has 0 aliphatic rings. The number of nitrogen functional groups attached to an aromatic ring is 1. The van der Waals surface area contributed by atoms with Crippen molar-refractivity contribution < 1.29 is 9.84 Å². The van der Waals surface area contributed by atoms with Crippen LogP contribution in [-0.4, -0.2) is 18.3 Å². The average Bonchev–Trinajstić information content (AvgIpc) is 2.09. The van der Waals surface area contributed by atoms with Crippen molar-refractivity contribution in [2.75, 3.05) is 18.9 Å². The number of aryl methyl sites for hydroxylation is 1. The molecule has 1 rings (SSSR count). The summed E-state index contributed by atoms with van der Waals surface area (Å²) in [6.45, 7) is 2.56. The van der Waals surface area contributed by atoms with Gasteiger partial charge in [-0.15, -0.1) is 0 Å². The van der Waals surface area contributed by atoms with E-state index in [2.05, 4.69) is 15.9 Å². The molecule has 0 radical (unpaired) electrons. The molecule has 3 N–H and O–H groups in total. The number of aliphatic hydroxyl groups excluding tert-OH is 1. The van der Waals surface area contributed by atoms with Gasteiger partial charge in [-0.25, -0.2) is 0 Å². The molecule has 0 unspecified atom stereocenters. The van der Waals surface area contributed by atoms with Crippen LogP contribution in [0.5, 0.6) is 5.75 Å². The third-order valence-corrected chi connectivity index (χ3v) is 2.27. The number of nitrogens with two attached hydrogens (primary N) is 1. The van der Waals surface area contributed by atoms with Gasteiger partial charge in [-0.05, 0) is 24.6 Å². The minimum Gasteiger partial charge on any atom is -0.491 e. The number of benzene rings is 1. The molecule has 4 heteroatoms. The molecule has 0 heterocycles. The Bertz CT molecular complexity index is 292. The molecule has 0 fully saturated rings. The minimum absolute atomic E-state index is 0.134. The zero-order valence-corrected chi connectivity index (χ0v) is 9.67. The largest absolute Gasteiger partial charge is 0.491 e. The average molecular weight is 260 g/mol. The van der Waals surface area contributed by atoms with Gasteiger partial charge in [0, 0.05) is 17.5 Å². The summed E-state index contributed by atoms with van der Waals surface area (Å²) in [5, 5.41) is 8.61. The van der Waals surface area contributed by atoms with E-state index >= 15 is 0 Å². The summed E-state index contributed by atoms with van der Waals surface area (Å²) in [4.78, 5) is 0. The van der Waals surface area contributed by atoms with Crippen LogP contribution in [0, 0.1) is 6.92 Å².